The van der Waals surface area contributed by atoms with Crippen molar-refractivity contribution < 1.29 is 4.92 Å². The Morgan fingerprint density at radius 2 is 2.19 bits per heavy atom. The molecule has 2 rings (SSSR count). The lowest BCUT2D eigenvalue weighted by molar-refractivity contribution is -0.384. The van der Waals surface area contributed by atoms with Crippen molar-refractivity contribution in [2.24, 2.45) is 7.05 Å². The maximum absolute atomic E-state index is 11.0. The summed E-state index contributed by atoms with van der Waals surface area (Å²) in [5.74, 6) is 0.898. The van der Waals surface area contributed by atoms with Gasteiger partial charge in [0.25, 0.3) is 0 Å². The first-order valence-electron chi connectivity index (χ1n) is 6.71. The molecule has 0 fully saturated rings. The largest absolute Gasteiger partial charge is 0.370 e. The Kier molecular flexibility index (Phi) is 4.70. The molecule has 0 aromatic carbocycles. The number of anilines is 2. The van der Waals surface area contributed by atoms with Gasteiger partial charge in [-0.3, -0.25) is 14.8 Å². The van der Waals surface area contributed by atoms with Crippen LogP contribution in [-0.4, -0.2) is 32.8 Å². The fourth-order valence-electron chi connectivity index (χ4n) is 1.93. The minimum absolute atomic E-state index is 0.0251. The maximum atomic E-state index is 11.0. The molecule has 0 amide bonds. The van der Waals surface area contributed by atoms with Gasteiger partial charge in [-0.2, -0.15) is 5.10 Å². The molecule has 2 N–H and O–H groups in total. The number of pyridine rings is 1. The van der Waals surface area contributed by atoms with Crippen molar-refractivity contribution in [3.8, 4) is 0 Å². The van der Waals surface area contributed by atoms with Crippen molar-refractivity contribution in [1.82, 2.24) is 14.8 Å². The minimum atomic E-state index is -0.435. The van der Waals surface area contributed by atoms with E-state index in [2.05, 4.69) is 20.7 Å². The van der Waals surface area contributed by atoms with Crippen molar-refractivity contribution in [1.29, 1.82) is 0 Å². The smallest absolute Gasteiger partial charge is 0.311 e. The Morgan fingerprint density at radius 1 is 1.38 bits per heavy atom. The van der Waals surface area contributed by atoms with E-state index in [-0.39, 0.29) is 11.5 Å². The van der Waals surface area contributed by atoms with Gasteiger partial charge in [-0.15, -0.1) is 0 Å². The van der Waals surface area contributed by atoms with E-state index in [0.717, 1.165) is 12.0 Å². The zero-order chi connectivity index (χ0) is 15.2. The molecule has 0 bridgehead atoms. The minimum Gasteiger partial charge on any atom is -0.370 e. The summed E-state index contributed by atoms with van der Waals surface area (Å²) in [6.07, 6.45) is 4.41. The molecule has 8 nitrogen and oxygen atoms in total. The lowest BCUT2D eigenvalue weighted by Crippen LogP contribution is -2.10. The fraction of sp³-hybridized carbons (Fsp3) is 0.385. The van der Waals surface area contributed by atoms with Crippen LogP contribution in [0.4, 0.5) is 17.3 Å². The van der Waals surface area contributed by atoms with Gasteiger partial charge in [0.1, 0.15) is 5.82 Å². The van der Waals surface area contributed by atoms with Gasteiger partial charge in [0.2, 0.25) is 5.82 Å². The summed E-state index contributed by atoms with van der Waals surface area (Å²) in [5, 5.41) is 21.2. The van der Waals surface area contributed by atoms with E-state index in [9.17, 15) is 10.1 Å². The predicted octanol–water partition coefficient (Wildman–Crippen LogP) is 1.81. The third kappa shape index (κ3) is 3.91. The molecule has 2 aromatic rings. The molecule has 2 aromatic heterocycles. The van der Waals surface area contributed by atoms with Crippen LogP contribution >= 0.6 is 0 Å². The fourth-order valence-corrected chi connectivity index (χ4v) is 1.93. The summed E-state index contributed by atoms with van der Waals surface area (Å²) >= 11 is 0. The summed E-state index contributed by atoms with van der Waals surface area (Å²) < 4.78 is 1.72. The van der Waals surface area contributed by atoms with Gasteiger partial charge in [0.15, 0.2) is 0 Å². The molecule has 0 atom stereocenters. The van der Waals surface area contributed by atoms with Crippen molar-refractivity contribution in [2.45, 2.75) is 13.3 Å². The van der Waals surface area contributed by atoms with Gasteiger partial charge in [0.05, 0.1) is 11.1 Å². The van der Waals surface area contributed by atoms with Crippen LogP contribution in [0.25, 0.3) is 0 Å². The van der Waals surface area contributed by atoms with Crippen molar-refractivity contribution >= 4 is 17.3 Å². The summed E-state index contributed by atoms with van der Waals surface area (Å²) in [6.45, 7) is 3.20. The van der Waals surface area contributed by atoms with Gasteiger partial charge < -0.3 is 10.6 Å². The average Bonchev–Trinajstić information content (AvgIpc) is 2.85. The molecule has 21 heavy (non-hydrogen) atoms. The molecule has 0 saturated carbocycles. The Balaban J connectivity index is 2.05. The summed E-state index contributed by atoms with van der Waals surface area (Å²) in [7, 11) is 1.85. The van der Waals surface area contributed by atoms with Crippen LogP contribution in [0.1, 0.15) is 12.5 Å². The van der Waals surface area contributed by atoms with E-state index >= 15 is 0 Å². The Hall–Kier alpha value is -2.64. The molecular weight excluding hydrogens is 272 g/mol. The summed E-state index contributed by atoms with van der Waals surface area (Å²) in [4.78, 5) is 14.8. The number of aryl methyl sites for hydroxylation is 1. The van der Waals surface area contributed by atoms with Crippen LogP contribution in [0.15, 0.2) is 24.5 Å². The molecule has 8 heteroatoms. The monoisotopic (exact) mass is 290 g/mol. The third-order valence-corrected chi connectivity index (χ3v) is 2.89. The van der Waals surface area contributed by atoms with Crippen molar-refractivity contribution in [3.05, 3.63) is 40.2 Å². The molecule has 0 radical (unpaired) electrons. The number of rotatable bonds is 7. The second-order valence-corrected chi connectivity index (χ2v) is 4.55. The van der Waals surface area contributed by atoms with E-state index < -0.39 is 4.92 Å². The molecule has 112 valence electrons. The van der Waals surface area contributed by atoms with Crippen LogP contribution in [0.2, 0.25) is 0 Å². The molecule has 0 unspecified atom stereocenters. The molecule has 0 spiro atoms. The molecule has 0 aliphatic rings. The maximum Gasteiger partial charge on any atom is 0.311 e. The van der Waals surface area contributed by atoms with E-state index in [1.807, 2.05) is 20.2 Å². The zero-order valence-corrected chi connectivity index (χ0v) is 12.0. The summed E-state index contributed by atoms with van der Waals surface area (Å²) in [5.41, 5.74) is 1.04. The highest BCUT2D eigenvalue weighted by Gasteiger charge is 2.15. The van der Waals surface area contributed by atoms with Gasteiger partial charge in [-0.05, 0) is 25.0 Å². The average molecular weight is 290 g/mol. The van der Waals surface area contributed by atoms with Gasteiger partial charge >= 0.3 is 5.69 Å². The zero-order valence-electron chi connectivity index (χ0n) is 12.0. The number of aromatic nitrogens is 3. The van der Waals surface area contributed by atoms with E-state index in [4.69, 9.17) is 0 Å². The lowest BCUT2D eigenvalue weighted by atomic mass is 10.2. The molecular formula is C13H18N6O2. The van der Waals surface area contributed by atoms with Crippen LogP contribution in [0.5, 0.6) is 0 Å². The highest BCUT2D eigenvalue weighted by molar-refractivity contribution is 5.60. The standard InChI is InChI=1S/C13H18N6O2/c1-3-14-12-5-4-11(19(20)21)13(17-12)15-7-6-10-8-16-18(2)9-10/h4-5,8-9H,3,6-7H2,1-2H3,(H2,14,15,17). The number of hydrogen-bond acceptors (Lipinski definition) is 6. The van der Waals surface area contributed by atoms with Crippen LogP contribution in [-0.2, 0) is 13.5 Å². The van der Waals surface area contributed by atoms with Gasteiger partial charge in [0, 0.05) is 32.4 Å². The quantitative estimate of drug-likeness (QED) is 0.596. The number of nitrogens with one attached hydrogen (secondary N) is 2. The normalized spacial score (nSPS) is 10.4. The van der Waals surface area contributed by atoms with Gasteiger partial charge in [-0.1, -0.05) is 0 Å². The second-order valence-electron chi connectivity index (χ2n) is 4.55. The molecule has 0 aliphatic heterocycles. The van der Waals surface area contributed by atoms with Crippen molar-refractivity contribution in [3.63, 3.8) is 0 Å². The molecule has 2 heterocycles. The van der Waals surface area contributed by atoms with E-state index in [1.54, 1.807) is 16.9 Å². The van der Waals surface area contributed by atoms with Crippen LogP contribution in [0.3, 0.4) is 0 Å². The Morgan fingerprint density at radius 3 is 2.81 bits per heavy atom. The number of nitro groups is 1. The first kappa shape index (κ1) is 14.8. The highest BCUT2D eigenvalue weighted by atomic mass is 16.6. The SMILES string of the molecule is CCNc1ccc([N+](=O)[O-])c(NCCc2cnn(C)c2)n1. The van der Waals surface area contributed by atoms with Gasteiger partial charge in [-0.25, -0.2) is 4.98 Å². The third-order valence-electron chi connectivity index (χ3n) is 2.89. The Labute approximate surface area is 122 Å². The van der Waals surface area contributed by atoms with Crippen LogP contribution in [0, 0.1) is 10.1 Å². The Bertz CT molecular complexity index is 625. The summed E-state index contributed by atoms with van der Waals surface area (Å²) in [6, 6.07) is 3.06. The predicted molar refractivity (Wildman–Crippen MR) is 80.5 cm³/mol. The van der Waals surface area contributed by atoms with Crippen LogP contribution < -0.4 is 10.6 Å². The molecule has 0 aliphatic carbocycles. The number of hydrogen-bond donors (Lipinski definition) is 2. The molecule has 0 saturated heterocycles. The first-order chi connectivity index (χ1) is 10.1. The highest BCUT2D eigenvalue weighted by Crippen LogP contribution is 2.23. The van der Waals surface area contributed by atoms with Crippen molar-refractivity contribution in [2.75, 3.05) is 23.7 Å². The van der Waals surface area contributed by atoms with E-state index in [1.165, 1.54) is 6.07 Å². The van der Waals surface area contributed by atoms with E-state index in [0.29, 0.717) is 18.9 Å². The second kappa shape index (κ2) is 6.69. The lowest BCUT2D eigenvalue weighted by Gasteiger charge is -2.08. The topological polar surface area (TPSA) is 97.9 Å². The number of nitrogens with zero attached hydrogens (tertiary/aromatic N) is 4. The first-order valence-corrected chi connectivity index (χ1v) is 6.71.